The van der Waals surface area contributed by atoms with Crippen LogP contribution in [0.1, 0.15) is 26.7 Å². The molecular formula is C14H22BrClN2O2S. The molecule has 0 spiro atoms. The van der Waals surface area contributed by atoms with Crippen molar-refractivity contribution in [2.45, 2.75) is 37.6 Å². The first kappa shape index (κ1) is 18.9. The number of halogens is 2. The fraction of sp³-hybridized carbons (Fsp3) is 0.571. The van der Waals surface area contributed by atoms with Gasteiger partial charge in [0.05, 0.1) is 5.02 Å². The molecule has 0 bridgehead atoms. The molecule has 7 heteroatoms. The molecule has 0 aromatic heterocycles. The van der Waals surface area contributed by atoms with Crippen LogP contribution in [-0.2, 0) is 10.0 Å². The van der Waals surface area contributed by atoms with Gasteiger partial charge in [0, 0.05) is 17.1 Å². The van der Waals surface area contributed by atoms with Crippen LogP contribution >= 0.6 is 27.5 Å². The quantitative estimate of drug-likeness (QED) is 0.683. The van der Waals surface area contributed by atoms with Gasteiger partial charge in [-0.05, 0) is 58.5 Å². The van der Waals surface area contributed by atoms with Gasteiger partial charge in [0.1, 0.15) is 4.90 Å². The van der Waals surface area contributed by atoms with Gasteiger partial charge in [0.25, 0.3) is 0 Å². The van der Waals surface area contributed by atoms with Crippen molar-refractivity contribution in [3.8, 4) is 0 Å². The monoisotopic (exact) mass is 396 g/mol. The van der Waals surface area contributed by atoms with E-state index in [1.54, 1.807) is 12.1 Å². The summed E-state index contributed by atoms with van der Waals surface area (Å²) in [5.74, 6) is 0. The van der Waals surface area contributed by atoms with E-state index < -0.39 is 10.0 Å². The van der Waals surface area contributed by atoms with E-state index in [0.29, 0.717) is 12.6 Å². The summed E-state index contributed by atoms with van der Waals surface area (Å²) in [6, 6.07) is 5.25. The van der Waals surface area contributed by atoms with Crippen molar-refractivity contribution in [2.75, 3.05) is 20.1 Å². The molecule has 120 valence electrons. The Labute approximate surface area is 141 Å². The topological polar surface area (TPSA) is 49.4 Å². The van der Waals surface area contributed by atoms with Crippen LogP contribution in [0.5, 0.6) is 0 Å². The number of nitrogens with zero attached hydrogens (tertiary/aromatic N) is 1. The highest BCUT2D eigenvalue weighted by atomic mass is 79.9. The summed E-state index contributed by atoms with van der Waals surface area (Å²) in [6.07, 6.45) is 1.75. The molecule has 1 rings (SSSR count). The molecule has 0 amide bonds. The van der Waals surface area contributed by atoms with Crippen molar-refractivity contribution in [1.29, 1.82) is 0 Å². The maximum absolute atomic E-state index is 12.1. The maximum atomic E-state index is 12.1. The van der Waals surface area contributed by atoms with Gasteiger partial charge in [-0.2, -0.15) is 0 Å². The van der Waals surface area contributed by atoms with Crippen LogP contribution in [0.4, 0.5) is 0 Å². The van der Waals surface area contributed by atoms with Gasteiger partial charge >= 0.3 is 0 Å². The van der Waals surface area contributed by atoms with E-state index in [1.165, 1.54) is 6.07 Å². The van der Waals surface area contributed by atoms with Crippen molar-refractivity contribution >= 4 is 37.6 Å². The number of unbranched alkanes of at least 4 members (excludes halogenated alkanes) is 1. The first-order chi connectivity index (χ1) is 9.74. The zero-order valence-corrected chi connectivity index (χ0v) is 15.7. The fourth-order valence-corrected chi connectivity index (χ4v) is 3.83. The summed E-state index contributed by atoms with van der Waals surface area (Å²) in [7, 11) is -1.48. The predicted molar refractivity (Wildman–Crippen MR) is 91.3 cm³/mol. The van der Waals surface area contributed by atoms with Gasteiger partial charge in [-0.1, -0.05) is 27.5 Å². The van der Waals surface area contributed by atoms with E-state index in [1.807, 2.05) is 0 Å². The number of sulfonamides is 1. The Morgan fingerprint density at radius 3 is 2.57 bits per heavy atom. The molecule has 0 heterocycles. The van der Waals surface area contributed by atoms with E-state index >= 15 is 0 Å². The standard InChI is InChI=1S/C14H22BrClN2O2S/c1-11(2)18(3)9-5-4-8-17-21(19,20)14-7-6-12(15)10-13(14)16/h6-7,10-11,17H,4-5,8-9H2,1-3H3. The molecule has 0 saturated heterocycles. The summed E-state index contributed by atoms with van der Waals surface area (Å²) in [6.45, 7) is 5.65. The number of nitrogens with one attached hydrogen (secondary N) is 1. The molecule has 0 aliphatic carbocycles. The molecule has 0 fully saturated rings. The van der Waals surface area contributed by atoms with Crippen molar-refractivity contribution in [1.82, 2.24) is 9.62 Å². The minimum Gasteiger partial charge on any atom is -0.304 e. The van der Waals surface area contributed by atoms with Gasteiger partial charge < -0.3 is 4.90 Å². The van der Waals surface area contributed by atoms with Crippen LogP contribution in [0.25, 0.3) is 0 Å². The van der Waals surface area contributed by atoms with E-state index in [4.69, 9.17) is 11.6 Å². The van der Waals surface area contributed by atoms with E-state index in [0.717, 1.165) is 23.9 Å². The van der Waals surface area contributed by atoms with Gasteiger partial charge in [0.15, 0.2) is 0 Å². The lowest BCUT2D eigenvalue weighted by Gasteiger charge is -2.20. The largest absolute Gasteiger partial charge is 0.304 e. The summed E-state index contributed by atoms with van der Waals surface area (Å²) in [5.41, 5.74) is 0. The Hall–Kier alpha value is -0.140. The Morgan fingerprint density at radius 2 is 2.00 bits per heavy atom. The van der Waals surface area contributed by atoms with E-state index in [-0.39, 0.29) is 9.92 Å². The number of hydrogen-bond donors (Lipinski definition) is 1. The zero-order valence-electron chi connectivity index (χ0n) is 12.6. The number of benzene rings is 1. The third kappa shape index (κ3) is 6.24. The zero-order chi connectivity index (χ0) is 16.0. The van der Waals surface area contributed by atoms with E-state index in [9.17, 15) is 8.42 Å². The minimum atomic E-state index is -3.54. The summed E-state index contributed by atoms with van der Waals surface area (Å²) in [4.78, 5) is 2.35. The third-order valence-electron chi connectivity index (χ3n) is 3.29. The summed E-state index contributed by atoms with van der Waals surface area (Å²) >= 11 is 9.23. The molecule has 0 aliphatic rings. The Bertz CT molecular complexity index is 564. The van der Waals surface area contributed by atoms with Gasteiger partial charge in [-0.15, -0.1) is 0 Å². The average Bonchev–Trinajstić information content (AvgIpc) is 2.37. The predicted octanol–water partition coefficient (Wildman–Crippen LogP) is 3.50. The molecule has 0 unspecified atom stereocenters. The first-order valence-electron chi connectivity index (χ1n) is 6.89. The average molecular weight is 398 g/mol. The summed E-state index contributed by atoms with van der Waals surface area (Å²) in [5, 5.41) is 0.219. The molecule has 0 saturated carbocycles. The van der Waals surface area contributed by atoms with Gasteiger partial charge in [-0.25, -0.2) is 13.1 Å². The molecule has 0 atom stereocenters. The van der Waals surface area contributed by atoms with Crippen LogP contribution in [-0.4, -0.2) is 39.5 Å². The molecular weight excluding hydrogens is 376 g/mol. The Kier molecular flexibility index (Phi) is 7.64. The number of hydrogen-bond acceptors (Lipinski definition) is 3. The van der Waals surface area contributed by atoms with Crippen LogP contribution in [0, 0.1) is 0 Å². The lowest BCUT2D eigenvalue weighted by molar-refractivity contribution is 0.268. The summed E-state index contributed by atoms with van der Waals surface area (Å²) < 4.78 is 27.6. The normalized spacial score (nSPS) is 12.3. The van der Waals surface area contributed by atoms with Gasteiger partial charge in [0.2, 0.25) is 10.0 Å². The van der Waals surface area contributed by atoms with E-state index in [2.05, 4.69) is 46.4 Å². The minimum absolute atomic E-state index is 0.117. The first-order valence-corrected chi connectivity index (χ1v) is 9.54. The Balaban J connectivity index is 2.47. The Morgan fingerprint density at radius 1 is 1.33 bits per heavy atom. The van der Waals surface area contributed by atoms with Crippen LogP contribution in [0.2, 0.25) is 5.02 Å². The van der Waals surface area contributed by atoms with Crippen LogP contribution < -0.4 is 4.72 Å². The molecule has 0 aliphatic heterocycles. The fourth-order valence-electron chi connectivity index (χ4n) is 1.72. The van der Waals surface area contributed by atoms with Crippen molar-refractivity contribution < 1.29 is 8.42 Å². The third-order valence-corrected chi connectivity index (χ3v) is 5.73. The molecule has 1 N–H and O–H groups in total. The second-order valence-electron chi connectivity index (χ2n) is 5.25. The van der Waals surface area contributed by atoms with Crippen LogP contribution in [0.3, 0.4) is 0 Å². The molecule has 21 heavy (non-hydrogen) atoms. The smallest absolute Gasteiger partial charge is 0.242 e. The molecule has 1 aromatic carbocycles. The lowest BCUT2D eigenvalue weighted by atomic mass is 10.2. The van der Waals surface area contributed by atoms with Crippen LogP contribution in [0.15, 0.2) is 27.6 Å². The van der Waals surface area contributed by atoms with Crippen molar-refractivity contribution in [2.24, 2.45) is 0 Å². The van der Waals surface area contributed by atoms with Crippen molar-refractivity contribution in [3.05, 3.63) is 27.7 Å². The SMILES string of the molecule is CC(C)N(C)CCCCNS(=O)(=O)c1ccc(Br)cc1Cl. The molecule has 4 nitrogen and oxygen atoms in total. The number of rotatable bonds is 8. The highest BCUT2D eigenvalue weighted by Crippen LogP contribution is 2.24. The van der Waals surface area contributed by atoms with Crippen molar-refractivity contribution in [3.63, 3.8) is 0 Å². The van der Waals surface area contributed by atoms with Gasteiger partial charge in [-0.3, -0.25) is 0 Å². The highest BCUT2D eigenvalue weighted by molar-refractivity contribution is 9.10. The highest BCUT2D eigenvalue weighted by Gasteiger charge is 2.17. The molecule has 1 aromatic rings. The second kappa shape index (κ2) is 8.48. The second-order valence-corrected chi connectivity index (χ2v) is 8.31. The maximum Gasteiger partial charge on any atom is 0.242 e. The lowest BCUT2D eigenvalue weighted by Crippen LogP contribution is -2.29. The molecule has 0 radical (unpaired) electrons.